The number of hydrogen-bond acceptors (Lipinski definition) is 5. The third kappa shape index (κ3) is 5.12. The van der Waals surface area contributed by atoms with E-state index in [-0.39, 0.29) is 11.8 Å². The van der Waals surface area contributed by atoms with Crippen molar-refractivity contribution in [3.05, 3.63) is 59.8 Å². The number of benzene rings is 1. The lowest BCUT2D eigenvalue weighted by atomic mass is 9.81. The molecule has 1 saturated heterocycles. The van der Waals surface area contributed by atoms with Gasteiger partial charge in [-0.3, -0.25) is 15.4 Å². The van der Waals surface area contributed by atoms with E-state index < -0.39 is 11.9 Å². The van der Waals surface area contributed by atoms with Gasteiger partial charge in [0.15, 0.2) is 0 Å². The summed E-state index contributed by atoms with van der Waals surface area (Å²) in [5.41, 5.74) is 1.42. The van der Waals surface area contributed by atoms with Crippen LogP contribution < -0.4 is 11.2 Å². The van der Waals surface area contributed by atoms with E-state index in [0.717, 1.165) is 31.5 Å². The van der Waals surface area contributed by atoms with Gasteiger partial charge in [0.25, 0.3) is 5.91 Å². The Kier molecular flexibility index (Phi) is 6.16. The number of nitrogens with one attached hydrogen (secondary N) is 1. The van der Waals surface area contributed by atoms with E-state index in [9.17, 15) is 14.7 Å². The van der Waals surface area contributed by atoms with E-state index in [0.29, 0.717) is 17.8 Å². The summed E-state index contributed by atoms with van der Waals surface area (Å²) < 4.78 is 0. The van der Waals surface area contributed by atoms with E-state index in [4.69, 9.17) is 5.84 Å². The highest BCUT2D eigenvalue weighted by Crippen LogP contribution is 2.27. The molecule has 0 aliphatic carbocycles. The predicted octanol–water partition coefficient (Wildman–Crippen LogP) is 2.16. The number of aromatic nitrogens is 1. The van der Waals surface area contributed by atoms with Gasteiger partial charge in [-0.25, -0.2) is 9.99 Å². The maximum absolute atomic E-state index is 12.3. The largest absolute Gasteiger partial charge is 0.481 e. The third-order valence-electron chi connectivity index (χ3n) is 5.04. The van der Waals surface area contributed by atoms with Gasteiger partial charge < -0.3 is 10.4 Å². The lowest BCUT2D eigenvalue weighted by molar-refractivity contribution is -0.144. The number of aliphatic carboxylic acids is 1. The highest BCUT2D eigenvalue weighted by molar-refractivity contribution is 6.03. The number of carbonyl (C=O) groups excluding carboxylic acids is 1. The fourth-order valence-electron chi connectivity index (χ4n) is 3.45. The second-order valence-electron chi connectivity index (χ2n) is 6.89. The summed E-state index contributed by atoms with van der Waals surface area (Å²) in [5.74, 6) is 4.92. The smallest absolute Gasteiger partial charge is 0.307 e. The average Bonchev–Trinajstić information content (AvgIpc) is 2.68. The van der Waals surface area contributed by atoms with Gasteiger partial charge in [0, 0.05) is 24.8 Å². The maximum Gasteiger partial charge on any atom is 0.307 e. The zero-order valence-corrected chi connectivity index (χ0v) is 15.0. The topological polar surface area (TPSA) is 109 Å². The zero-order chi connectivity index (χ0) is 19.2. The second-order valence-corrected chi connectivity index (χ2v) is 6.89. The van der Waals surface area contributed by atoms with E-state index in [2.05, 4.69) is 10.3 Å². The molecule has 4 N–H and O–H groups in total. The van der Waals surface area contributed by atoms with Crippen molar-refractivity contribution in [2.75, 3.05) is 18.4 Å². The fraction of sp³-hybridized carbons (Fsp3) is 0.350. The molecule has 0 bridgehead atoms. The van der Waals surface area contributed by atoms with Crippen molar-refractivity contribution in [3.8, 4) is 0 Å². The first-order valence-corrected chi connectivity index (χ1v) is 9.06. The minimum absolute atomic E-state index is 0.120. The standard InChI is InChI=1S/C20H24N4O3/c21-24-11-8-15(9-12-24)17(20(26)27)13-14-4-6-16(7-5-14)19(25)23-18-3-1-2-10-22-18/h1-7,10,15,17H,8-9,11-13,21H2,(H,26,27)(H,22,23,25)/t17-/m0/s1. The molecule has 1 aromatic carbocycles. The van der Waals surface area contributed by atoms with Crippen LogP contribution in [0.2, 0.25) is 0 Å². The monoisotopic (exact) mass is 368 g/mol. The van der Waals surface area contributed by atoms with Crippen molar-refractivity contribution in [1.29, 1.82) is 0 Å². The minimum Gasteiger partial charge on any atom is -0.481 e. The van der Waals surface area contributed by atoms with E-state index in [1.165, 1.54) is 0 Å². The van der Waals surface area contributed by atoms with Gasteiger partial charge in [0.2, 0.25) is 0 Å². The molecule has 0 spiro atoms. The van der Waals surface area contributed by atoms with Gasteiger partial charge in [0.1, 0.15) is 5.82 Å². The number of piperidine rings is 1. The van der Waals surface area contributed by atoms with Crippen LogP contribution in [0.3, 0.4) is 0 Å². The van der Waals surface area contributed by atoms with Gasteiger partial charge in [-0.1, -0.05) is 18.2 Å². The molecule has 0 radical (unpaired) electrons. The van der Waals surface area contributed by atoms with Gasteiger partial charge in [0.05, 0.1) is 5.92 Å². The summed E-state index contributed by atoms with van der Waals surface area (Å²) in [6.07, 6.45) is 3.64. The minimum atomic E-state index is -0.776. The van der Waals surface area contributed by atoms with Crippen LogP contribution in [0.5, 0.6) is 0 Å². The molecule has 1 aliphatic heterocycles. The summed E-state index contributed by atoms with van der Waals surface area (Å²) in [5, 5.41) is 14.1. The summed E-state index contributed by atoms with van der Waals surface area (Å²) in [6.45, 7) is 1.45. The van der Waals surface area contributed by atoms with Crippen LogP contribution in [0.4, 0.5) is 5.82 Å². The highest BCUT2D eigenvalue weighted by Gasteiger charge is 2.30. The maximum atomic E-state index is 12.3. The molecule has 1 amide bonds. The van der Waals surface area contributed by atoms with Crippen LogP contribution in [0.1, 0.15) is 28.8 Å². The van der Waals surface area contributed by atoms with Gasteiger partial charge >= 0.3 is 5.97 Å². The van der Waals surface area contributed by atoms with Crippen LogP contribution in [-0.4, -0.2) is 40.1 Å². The molecular weight excluding hydrogens is 344 g/mol. The Morgan fingerprint density at radius 3 is 2.48 bits per heavy atom. The molecule has 0 saturated carbocycles. The molecule has 7 heteroatoms. The van der Waals surface area contributed by atoms with Crippen molar-refractivity contribution in [2.24, 2.45) is 17.7 Å². The SMILES string of the molecule is NN1CCC([C@H](Cc2ccc(C(=O)Nc3ccccn3)cc2)C(=O)O)CC1. The van der Waals surface area contributed by atoms with Gasteiger partial charge in [-0.05, 0) is 55.0 Å². The van der Waals surface area contributed by atoms with E-state index in [1.54, 1.807) is 41.5 Å². The first kappa shape index (κ1) is 19.0. The molecule has 27 heavy (non-hydrogen) atoms. The number of anilines is 1. The number of carboxylic acid groups (broad SMARTS) is 1. The summed E-state index contributed by atoms with van der Waals surface area (Å²) in [6, 6.07) is 12.4. The van der Waals surface area contributed by atoms with Gasteiger partial charge in [-0.2, -0.15) is 0 Å². The van der Waals surface area contributed by atoms with Crippen LogP contribution in [0, 0.1) is 11.8 Å². The number of nitrogens with two attached hydrogens (primary N) is 1. The molecule has 3 rings (SSSR count). The number of amides is 1. The summed E-state index contributed by atoms with van der Waals surface area (Å²) >= 11 is 0. The lowest BCUT2D eigenvalue weighted by Crippen LogP contribution is -2.42. The summed E-state index contributed by atoms with van der Waals surface area (Å²) in [4.78, 5) is 28.1. The lowest BCUT2D eigenvalue weighted by Gasteiger charge is -2.32. The molecular formula is C20H24N4O3. The quantitative estimate of drug-likeness (QED) is 0.674. The van der Waals surface area contributed by atoms with Crippen LogP contribution >= 0.6 is 0 Å². The number of nitrogens with zero attached hydrogens (tertiary/aromatic N) is 2. The Morgan fingerprint density at radius 1 is 1.19 bits per heavy atom. The van der Waals surface area contributed by atoms with Crippen molar-refractivity contribution >= 4 is 17.7 Å². The Hall–Kier alpha value is -2.77. The van der Waals surface area contributed by atoms with E-state index in [1.807, 2.05) is 12.1 Å². The van der Waals surface area contributed by atoms with E-state index >= 15 is 0 Å². The number of hydrogen-bond donors (Lipinski definition) is 3. The molecule has 1 fully saturated rings. The zero-order valence-electron chi connectivity index (χ0n) is 15.0. The molecule has 2 heterocycles. The highest BCUT2D eigenvalue weighted by atomic mass is 16.4. The first-order chi connectivity index (χ1) is 13.0. The molecule has 7 nitrogen and oxygen atoms in total. The van der Waals surface area contributed by atoms with Crippen LogP contribution in [0.25, 0.3) is 0 Å². The fourth-order valence-corrected chi connectivity index (χ4v) is 3.45. The van der Waals surface area contributed by atoms with Crippen LogP contribution in [0.15, 0.2) is 48.7 Å². The Bertz CT molecular complexity index is 772. The number of pyridine rings is 1. The normalized spacial score (nSPS) is 16.6. The number of hydrazine groups is 1. The number of rotatable bonds is 6. The second kappa shape index (κ2) is 8.75. The Balaban J connectivity index is 1.63. The average molecular weight is 368 g/mol. The van der Waals surface area contributed by atoms with Crippen molar-refractivity contribution in [2.45, 2.75) is 19.3 Å². The van der Waals surface area contributed by atoms with Crippen molar-refractivity contribution < 1.29 is 14.7 Å². The van der Waals surface area contributed by atoms with Gasteiger partial charge in [-0.15, -0.1) is 0 Å². The molecule has 2 aromatic rings. The molecule has 1 atom stereocenters. The van der Waals surface area contributed by atoms with Crippen molar-refractivity contribution in [1.82, 2.24) is 9.99 Å². The van der Waals surface area contributed by atoms with Crippen molar-refractivity contribution in [3.63, 3.8) is 0 Å². The summed E-state index contributed by atoms with van der Waals surface area (Å²) in [7, 11) is 0. The first-order valence-electron chi connectivity index (χ1n) is 9.06. The number of carbonyl (C=O) groups is 2. The third-order valence-corrected chi connectivity index (χ3v) is 5.04. The predicted molar refractivity (Wildman–Crippen MR) is 102 cm³/mol. The number of carboxylic acids is 1. The Morgan fingerprint density at radius 2 is 1.89 bits per heavy atom. The molecule has 1 aromatic heterocycles. The molecule has 0 unspecified atom stereocenters. The Labute approximate surface area is 158 Å². The molecule has 142 valence electrons. The van der Waals surface area contributed by atoms with Crippen LogP contribution in [-0.2, 0) is 11.2 Å². The molecule has 1 aliphatic rings.